The molecule has 0 bridgehead atoms. The van der Waals surface area contributed by atoms with Gasteiger partial charge in [-0.1, -0.05) is 18.2 Å². The largest absolute Gasteiger partial charge is 0.457 e. The van der Waals surface area contributed by atoms with Gasteiger partial charge in [0.15, 0.2) is 5.78 Å². The fourth-order valence-corrected chi connectivity index (χ4v) is 3.74. The molecule has 0 spiro atoms. The molecule has 6 nitrogen and oxygen atoms in total. The van der Waals surface area contributed by atoms with Crippen LogP contribution in [-0.2, 0) is 4.79 Å². The predicted molar refractivity (Wildman–Crippen MR) is 114 cm³/mol. The first-order valence-corrected chi connectivity index (χ1v) is 10.1. The SMILES string of the molecule is N#C[C@@H]1CC(F)(F)CN1C(=O)CCC(=O)c1ccncc1/C=C/c1cc2ccccc2o1. The van der Waals surface area contributed by atoms with Gasteiger partial charge in [-0.3, -0.25) is 14.6 Å². The summed E-state index contributed by atoms with van der Waals surface area (Å²) < 4.78 is 32.9. The van der Waals surface area contributed by atoms with Gasteiger partial charge in [-0.15, -0.1) is 0 Å². The molecule has 2 aromatic heterocycles. The van der Waals surface area contributed by atoms with Gasteiger partial charge < -0.3 is 9.32 Å². The summed E-state index contributed by atoms with van der Waals surface area (Å²) in [6, 6.07) is 11.6. The lowest BCUT2D eigenvalue weighted by Crippen LogP contribution is -2.36. The minimum absolute atomic E-state index is 0.158. The molecule has 1 atom stereocenters. The van der Waals surface area contributed by atoms with Gasteiger partial charge in [0.2, 0.25) is 5.91 Å². The number of hydrogen-bond donors (Lipinski definition) is 0. The maximum absolute atomic E-state index is 13.6. The topological polar surface area (TPSA) is 87.2 Å². The van der Waals surface area contributed by atoms with Gasteiger partial charge in [0.25, 0.3) is 5.92 Å². The molecule has 1 aliphatic rings. The Morgan fingerprint density at radius 3 is 2.84 bits per heavy atom. The van der Waals surface area contributed by atoms with E-state index in [-0.39, 0.29) is 18.6 Å². The van der Waals surface area contributed by atoms with Gasteiger partial charge in [-0.25, -0.2) is 8.78 Å². The van der Waals surface area contributed by atoms with Crippen LogP contribution in [-0.4, -0.2) is 40.1 Å². The van der Waals surface area contributed by atoms with E-state index >= 15 is 0 Å². The summed E-state index contributed by atoms with van der Waals surface area (Å²) in [4.78, 5) is 30.0. The fraction of sp³-hybridized carbons (Fsp3) is 0.250. The van der Waals surface area contributed by atoms with Crippen molar-refractivity contribution in [2.75, 3.05) is 6.54 Å². The minimum Gasteiger partial charge on any atom is -0.457 e. The molecule has 1 fully saturated rings. The Morgan fingerprint density at radius 2 is 2.06 bits per heavy atom. The molecular weight excluding hydrogens is 416 g/mol. The average Bonchev–Trinajstić information content (AvgIpc) is 3.35. The summed E-state index contributed by atoms with van der Waals surface area (Å²) in [7, 11) is 0. The van der Waals surface area contributed by atoms with E-state index in [1.54, 1.807) is 24.3 Å². The van der Waals surface area contributed by atoms with Crippen LogP contribution in [0.5, 0.6) is 0 Å². The third-order valence-corrected chi connectivity index (χ3v) is 5.33. The number of rotatable bonds is 6. The number of carbonyl (C=O) groups is 2. The number of furan rings is 1. The number of halogens is 2. The van der Waals surface area contributed by atoms with Crippen molar-refractivity contribution in [3.8, 4) is 6.07 Å². The van der Waals surface area contributed by atoms with Gasteiger partial charge in [0.05, 0.1) is 12.6 Å². The number of Topliss-reactive ketones (excluding diaryl/α,β-unsaturated/α-hetero) is 1. The molecule has 0 saturated carbocycles. The zero-order valence-electron chi connectivity index (χ0n) is 17.0. The summed E-state index contributed by atoms with van der Waals surface area (Å²) in [5.41, 5.74) is 1.66. The Bertz CT molecular complexity index is 1210. The van der Waals surface area contributed by atoms with Crippen LogP contribution < -0.4 is 0 Å². The van der Waals surface area contributed by atoms with Crippen LogP contribution in [0, 0.1) is 11.3 Å². The second kappa shape index (κ2) is 8.71. The molecule has 8 heteroatoms. The van der Waals surface area contributed by atoms with Gasteiger partial charge >= 0.3 is 0 Å². The van der Waals surface area contributed by atoms with E-state index in [1.807, 2.05) is 30.3 Å². The normalized spacial score (nSPS) is 17.7. The summed E-state index contributed by atoms with van der Waals surface area (Å²) in [5.74, 6) is -3.42. The van der Waals surface area contributed by atoms with E-state index in [2.05, 4.69) is 4.98 Å². The summed E-state index contributed by atoms with van der Waals surface area (Å²) in [6.07, 6.45) is 5.34. The van der Waals surface area contributed by atoms with E-state index in [0.29, 0.717) is 16.9 Å². The molecule has 0 aliphatic carbocycles. The number of likely N-dealkylation sites (tertiary alicyclic amines) is 1. The summed E-state index contributed by atoms with van der Waals surface area (Å²) in [6.45, 7) is -0.793. The molecular formula is C24H19F2N3O3. The third-order valence-electron chi connectivity index (χ3n) is 5.33. The van der Waals surface area contributed by atoms with Gasteiger partial charge in [-0.2, -0.15) is 5.26 Å². The number of pyridine rings is 1. The smallest absolute Gasteiger partial charge is 0.268 e. The highest BCUT2D eigenvalue weighted by Crippen LogP contribution is 2.32. The first kappa shape index (κ1) is 21.4. The number of carbonyl (C=O) groups excluding carboxylic acids is 2. The van der Waals surface area contributed by atoms with Crippen LogP contribution in [0.25, 0.3) is 23.1 Å². The molecule has 1 amide bonds. The van der Waals surface area contributed by atoms with Crippen LogP contribution >= 0.6 is 0 Å². The van der Waals surface area contributed by atoms with Crippen LogP contribution in [0.15, 0.2) is 53.2 Å². The predicted octanol–water partition coefficient (Wildman–Crippen LogP) is 4.72. The van der Waals surface area contributed by atoms with Gasteiger partial charge in [0, 0.05) is 48.2 Å². The van der Waals surface area contributed by atoms with Crippen molar-refractivity contribution >= 4 is 34.8 Å². The van der Waals surface area contributed by atoms with Crippen molar-refractivity contribution < 1.29 is 22.8 Å². The van der Waals surface area contributed by atoms with Crippen LogP contribution in [0.2, 0.25) is 0 Å². The summed E-state index contributed by atoms with van der Waals surface area (Å²) >= 11 is 0. The molecule has 1 saturated heterocycles. The van der Waals surface area contributed by atoms with Gasteiger partial charge in [-0.05, 0) is 30.4 Å². The maximum atomic E-state index is 13.6. The lowest BCUT2D eigenvalue weighted by Gasteiger charge is -2.18. The zero-order chi connectivity index (χ0) is 22.7. The number of hydrogen-bond acceptors (Lipinski definition) is 5. The van der Waals surface area contributed by atoms with Crippen molar-refractivity contribution in [2.45, 2.75) is 31.2 Å². The monoisotopic (exact) mass is 435 g/mol. The lowest BCUT2D eigenvalue weighted by atomic mass is 10.0. The van der Waals surface area contributed by atoms with Crippen molar-refractivity contribution in [1.29, 1.82) is 5.26 Å². The third kappa shape index (κ3) is 4.57. The second-order valence-electron chi connectivity index (χ2n) is 7.63. The number of ketones is 1. The zero-order valence-corrected chi connectivity index (χ0v) is 17.0. The highest BCUT2D eigenvalue weighted by Gasteiger charge is 2.47. The molecule has 3 aromatic rings. The average molecular weight is 435 g/mol. The number of amides is 1. The Labute approximate surface area is 182 Å². The molecule has 0 radical (unpaired) electrons. The Kier molecular flexibility index (Phi) is 5.82. The number of nitriles is 1. The molecule has 1 aromatic carbocycles. The number of alkyl halides is 2. The molecule has 1 aliphatic heterocycles. The number of para-hydroxylation sites is 1. The first-order valence-electron chi connectivity index (χ1n) is 10.1. The fourth-order valence-electron chi connectivity index (χ4n) is 3.74. The molecule has 162 valence electrons. The lowest BCUT2D eigenvalue weighted by molar-refractivity contribution is -0.132. The van der Waals surface area contributed by atoms with Crippen LogP contribution in [0.1, 0.15) is 40.9 Å². The van der Waals surface area contributed by atoms with E-state index in [1.165, 1.54) is 12.4 Å². The number of benzene rings is 1. The Balaban J connectivity index is 1.44. The molecule has 0 unspecified atom stereocenters. The van der Waals surface area contributed by atoms with Crippen molar-refractivity contribution in [1.82, 2.24) is 9.88 Å². The molecule has 32 heavy (non-hydrogen) atoms. The van der Waals surface area contributed by atoms with Crippen LogP contribution in [0.3, 0.4) is 0 Å². The Morgan fingerprint density at radius 1 is 1.25 bits per heavy atom. The van der Waals surface area contributed by atoms with Crippen molar-refractivity contribution in [2.24, 2.45) is 0 Å². The van der Waals surface area contributed by atoms with E-state index in [9.17, 15) is 18.4 Å². The Hall–Kier alpha value is -3.86. The number of aromatic nitrogens is 1. The minimum atomic E-state index is -3.08. The second-order valence-corrected chi connectivity index (χ2v) is 7.63. The summed E-state index contributed by atoms with van der Waals surface area (Å²) in [5, 5.41) is 10.00. The number of fused-ring (bicyclic) bond motifs is 1. The molecule has 0 N–H and O–H groups in total. The van der Waals surface area contributed by atoms with E-state index in [0.717, 1.165) is 15.9 Å². The highest BCUT2D eigenvalue weighted by molar-refractivity contribution is 6.01. The quantitative estimate of drug-likeness (QED) is 0.523. The van der Waals surface area contributed by atoms with E-state index < -0.39 is 30.8 Å². The standard InChI is InChI=1S/C24H19F2N3O3/c25-24(26)12-18(13-27)29(15-24)23(31)8-7-21(30)20-9-10-28-14-17(20)5-6-19-11-16-3-1-2-4-22(16)32-19/h1-6,9-11,14,18H,7-8,12,15H2/b6-5+/t18-/m0/s1. The maximum Gasteiger partial charge on any atom is 0.268 e. The first-order chi connectivity index (χ1) is 15.4. The van der Waals surface area contributed by atoms with Crippen LogP contribution in [0.4, 0.5) is 8.78 Å². The van der Waals surface area contributed by atoms with E-state index in [4.69, 9.17) is 9.68 Å². The highest BCUT2D eigenvalue weighted by atomic mass is 19.3. The molecule has 3 heterocycles. The number of nitrogens with zero attached hydrogens (tertiary/aromatic N) is 3. The van der Waals surface area contributed by atoms with Gasteiger partial charge in [0.1, 0.15) is 17.4 Å². The van der Waals surface area contributed by atoms with Crippen molar-refractivity contribution in [3.05, 3.63) is 65.7 Å². The molecule has 4 rings (SSSR count). The van der Waals surface area contributed by atoms with Crippen molar-refractivity contribution in [3.63, 3.8) is 0 Å².